The smallest absolute Gasteiger partial charge is 0.243 e. The summed E-state index contributed by atoms with van der Waals surface area (Å²) < 4.78 is 29.4. The summed E-state index contributed by atoms with van der Waals surface area (Å²) in [5, 5.41) is 12.5. The van der Waals surface area contributed by atoms with Gasteiger partial charge < -0.3 is 9.88 Å². The molecule has 1 aromatic carbocycles. The summed E-state index contributed by atoms with van der Waals surface area (Å²) in [5.41, 5.74) is 0.140. The van der Waals surface area contributed by atoms with Gasteiger partial charge in [-0.15, -0.1) is 0 Å². The molecule has 2 heterocycles. The van der Waals surface area contributed by atoms with Crippen LogP contribution in [0.15, 0.2) is 35.5 Å². The van der Waals surface area contributed by atoms with Crippen LogP contribution in [0.2, 0.25) is 5.02 Å². The van der Waals surface area contributed by atoms with Crippen molar-refractivity contribution in [2.24, 2.45) is 7.05 Å². The van der Waals surface area contributed by atoms with Gasteiger partial charge in [-0.3, -0.25) is 0 Å². The monoisotopic (exact) mass is 365 g/mol. The SMILES string of the molecule is Cn1ccnc1C1CNCCN1S(=O)(=O)c1ccc(Cl)c(C#N)c1. The molecule has 0 aliphatic carbocycles. The zero-order chi connectivity index (χ0) is 17.3. The molecule has 0 bridgehead atoms. The first kappa shape index (κ1) is 16.9. The van der Waals surface area contributed by atoms with E-state index in [1.807, 2.05) is 17.7 Å². The van der Waals surface area contributed by atoms with Crippen LogP contribution < -0.4 is 5.32 Å². The number of rotatable bonds is 3. The molecule has 1 saturated heterocycles. The molecule has 0 spiro atoms. The third-order valence-corrected chi connectivity index (χ3v) is 6.25. The molecule has 2 aromatic rings. The minimum atomic E-state index is -3.77. The van der Waals surface area contributed by atoms with Gasteiger partial charge in [0.2, 0.25) is 10.0 Å². The number of sulfonamides is 1. The molecule has 1 aliphatic heterocycles. The number of aromatic nitrogens is 2. The Labute approximate surface area is 145 Å². The Balaban J connectivity index is 2.04. The van der Waals surface area contributed by atoms with Gasteiger partial charge in [0.25, 0.3) is 0 Å². The summed E-state index contributed by atoms with van der Waals surface area (Å²) in [4.78, 5) is 4.35. The summed E-state index contributed by atoms with van der Waals surface area (Å²) in [5.74, 6) is 0.667. The molecular formula is C15H16ClN5O2S. The van der Waals surface area contributed by atoms with E-state index in [4.69, 9.17) is 16.9 Å². The topological polar surface area (TPSA) is 91.0 Å². The molecule has 0 amide bonds. The Morgan fingerprint density at radius 1 is 1.46 bits per heavy atom. The van der Waals surface area contributed by atoms with Crippen molar-refractivity contribution in [2.75, 3.05) is 19.6 Å². The van der Waals surface area contributed by atoms with E-state index < -0.39 is 16.1 Å². The van der Waals surface area contributed by atoms with Crippen molar-refractivity contribution in [1.82, 2.24) is 19.2 Å². The van der Waals surface area contributed by atoms with E-state index in [1.54, 1.807) is 12.4 Å². The highest BCUT2D eigenvalue weighted by molar-refractivity contribution is 7.89. The van der Waals surface area contributed by atoms with E-state index in [2.05, 4.69) is 10.3 Å². The standard InChI is InChI=1S/C15H16ClN5O2S/c1-20-6-5-19-15(20)14-10-18-4-7-21(14)24(22,23)12-2-3-13(16)11(8-12)9-17/h2-3,5-6,8,14,18H,4,7,10H2,1H3. The number of benzene rings is 1. The molecule has 1 aliphatic rings. The second kappa shape index (κ2) is 6.53. The van der Waals surface area contributed by atoms with Crippen LogP contribution in [0.25, 0.3) is 0 Å². The summed E-state index contributed by atoms with van der Waals surface area (Å²) in [6.07, 6.45) is 3.43. The van der Waals surface area contributed by atoms with Crippen LogP contribution in [0.4, 0.5) is 0 Å². The molecule has 0 radical (unpaired) electrons. The van der Waals surface area contributed by atoms with Gasteiger partial charge in [-0.05, 0) is 18.2 Å². The molecule has 3 rings (SSSR count). The van der Waals surface area contributed by atoms with Crippen molar-refractivity contribution in [2.45, 2.75) is 10.9 Å². The highest BCUT2D eigenvalue weighted by atomic mass is 35.5. The van der Waals surface area contributed by atoms with Crippen molar-refractivity contribution in [3.63, 3.8) is 0 Å². The first-order valence-corrected chi connectivity index (χ1v) is 9.16. The number of piperazine rings is 1. The van der Waals surface area contributed by atoms with Crippen molar-refractivity contribution < 1.29 is 8.42 Å². The normalized spacial score (nSPS) is 19.1. The van der Waals surface area contributed by atoms with Crippen molar-refractivity contribution in [3.05, 3.63) is 47.0 Å². The summed E-state index contributed by atoms with van der Waals surface area (Å²) >= 11 is 5.91. The number of aryl methyl sites for hydroxylation is 1. The fourth-order valence-corrected chi connectivity index (χ4v) is 4.55. The highest BCUT2D eigenvalue weighted by Gasteiger charge is 2.36. The maximum atomic E-state index is 13.1. The highest BCUT2D eigenvalue weighted by Crippen LogP contribution is 2.29. The molecule has 1 fully saturated rings. The number of nitrogens with one attached hydrogen (secondary N) is 1. The van der Waals surface area contributed by atoms with Gasteiger partial charge in [0.05, 0.1) is 21.5 Å². The summed E-state index contributed by atoms with van der Waals surface area (Å²) in [6, 6.07) is 5.68. The van der Waals surface area contributed by atoms with Gasteiger partial charge in [-0.1, -0.05) is 11.6 Å². The molecule has 7 nitrogen and oxygen atoms in total. The number of hydrogen-bond acceptors (Lipinski definition) is 5. The molecule has 1 unspecified atom stereocenters. The first-order chi connectivity index (χ1) is 11.4. The average Bonchev–Trinajstić information content (AvgIpc) is 3.01. The van der Waals surface area contributed by atoms with E-state index >= 15 is 0 Å². The van der Waals surface area contributed by atoms with Gasteiger partial charge in [0.15, 0.2) is 0 Å². The Bertz CT molecular complexity index is 903. The van der Waals surface area contributed by atoms with Crippen LogP contribution in [0.1, 0.15) is 17.4 Å². The fraction of sp³-hybridized carbons (Fsp3) is 0.333. The molecule has 126 valence electrons. The van der Waals surface area contributed by atoms with E-state index in [1.165, 1.54) is 22.5 Å². The third kappa shape index (κ3) is 2.91. The van der Waals surface area contributed by atoms with E-state index in [9.17, 15) is 8.42 Å². The number of imidazole rings is 1. The number of nitriles is 1. The van der Waals surface area contributed by atoms with Gasteiger partial charge >= 0.3 is 0 Å². The third-order valence-electron chi connectivity index (χ3n) is 4.02. The van der Waals surface area contributed by atoms with Gasteiger partial charge in [0, 0.05) is 39.1 Å². The van der Waals surface area contributed by atoms with Crippen LogP contribution in [0, 0.1) is 11.3 Å². The van der Waals surface area contributed by atoms with Crippen molar-refractivity contribution in [1.29, 1.82) is 5.26 Å². The Kier molecular flexibility index (Phi) is 4.60. The van der Waals surface area contributed by atoms with E-state index in [0.29, 0.717) is 25.5 Å². The largest absolute Gasteiger partial charge is 0.337 e. The second-order valence-electron chi connectivity index (χ2n) is 5.49. The minimum Gasteiger partial charge on any atom is -0.337 e. The molecule has 24 heavy (non-hydrogen) atoms. The lowest BCUT2D eigenvalue weighted by molar-refractivity contribution is 0.258. The van der Waals surface area contributed by atoms with E-state index in [-0.39, 0.29) is 15.5 Å². The second-order valence-corrected chi connectivity index (χ2v) is 7.78. The maximum absolute atomic E-state index is 13.1. The Morgan fingerprint density at radius 2 is 2.25 bits per heavy atom. The minimum absolute atomic E-state index is 0.0598. The van der Waals surface area contributed by atoms with Crippen LogP contribution >= 0.6 is 11.6 Å². The fourth-order valence-electron chi connectivity index (χ4n) is 2.78. The number of halogens is 1. The number of hydrogen-bond donors (Lipinski definition) is 1. The lowest BCUT2D eigenvalue weighted by Crippen LogP contribution is -2.49. The molecule has 1 aromatic heterocycles. The molecule has 0 saturated carbocycles. The molecular weight excluding hydrogens is 350 g/mol. The Hall–Kier alpha value is -1.92. The van der Waals surface area contributed by atoms with Crippen LogP contribution in [0.3, 0.4) is 0 Å². The molecule has 1 atom stereocenters. The van der Waals surface area contributed by atoms with E-state index in [0.717, 1.165) is 0 Å². The predicted octanol–water partition coefficient (Wildman–Crippen LogP) is 1.28. The van der Waals surface area contributed by atoms with Crippen LogP contribution in [0.5, 0.6) is 0 Å². The molecule has 1 N–H and O–H groups in total. The number of nitrogens with zero attached hydrogens (tertiary/aromatic N) is 4. The predicted molar refractivity (Wildman–Crippen MR) is 88.9 cm³/mol. The average molecular weight is 366 g/mol. The van der Waals surface area contributed by atoms with Crippen LogP contribution in [-0.2, 0) is 17.1 Å². The van der Waals surface area contributed by atoms with Gasteiger partial charge in [-0.25, -0.2) is 13.4 Å². The molecule has 9 heteroatoms. The Morgan fingerprint density at radius 3 is 2.92 bits per heavy atom. The lowest BCUT2D eigenvalue weighted by atomic mass is 10.2. The van der Waals surface area contributed by atoms with Crippen molar-refractivity contribution >= 4 is 21.6 Å². The quantitative estimate of drug-likeness (QED) is 0.884. The first-order valence-electron chi connectivity index (χ1n) is 7.34. The van der Waals surface area contributed by atoms with Crippen LogP contribution in [-0.4, -0.2) is 41.9 Å². The van der Waals surface area contributed by atoms with Gasteiger partial charge in [-0.2, -0.15) is 9.57 Å². The zero-order valence-corrected chi connectivity index (χ0v) is 14.5. The zero-order valence-electron chi connectivity index (χ0n) is 13.0. The maximum Gasteiger partial charge on any atom is 0.243 e. The van der Waals surface area contributed by atoms with Crippen molar-refractivity contribution in [3.8, 4) is 6.07 Å². The lowest BCUT2D eigenvalue weighted by Gasteiger charge is -2.34. The summed E-state index contributed by atoms with van der Waals surface area (Å²) in [6.45, 7) is 1.35. The summed E-state index contributed by atoms with van der Waals surface area (Å²) in [7, 11) is -1.94. The van der Waals surface area contributed by atoms with Gasteiger partial charge in [0.1, 0.15) is 11.9 Å².